The number of anilines is 1. The number of hydrogen-bond acceptors (Lipinski definition) is 10. The first-order valence-corrected chi connectivity index (χ1v) is 15.1. The van der Waals surface area contributed by atoms with E-state index in [-0.39, 0.29) is 36.1 Å². The molecule has 1 aliphatic heterocycles. The Morgan fingerprint density at radius 1 is 1.09 bits per heavy atom. The van der Waals surface area contributed by atoms with Crippen molar-refractivity contribution in [3.05, 3.63) is 56.6 Å². The molecule has 4 aromatic rings. The fourth-order valence-corrected chi connectivity index (χ4v) is 5.56. The van der Waals surface area contributed by atoms with Gasteiger partial charge in [0.15, 0.2) is 11.2 Å². The molecule has 14 nitrogen and oxygen atoms in total. The van der Waals surface area contributed by atoms with E-state index in [2.05, 4.69) is 27.1 Å². The fraction of sp³-hybridized carbons (Fsp3) is 0.469. The lowest BCUT2D eigenvalue weighted by Gasteiger charge is -2.34. The Hall–Kier alpha value is -5.19. The quantitative estimate of drug-likeness (QED) is 0.238. The highest BCUT2D eigenvalue weighted by Gasteiger charge is 2.30. The molecule has 0 bridgehead atoms. The topological polar surface area (TPSA) is 155 Å². The molecular weight excluding hydrogens is 592 g/mol. The van der Waals surface area contributed by atoms with E-state index in [1.807, 2.05) is 36.1 Å². The Balaban J connectivity index is 1.64. The molecule has 1 unspecified atom stereocenters. The van der Waals surface area contributed by atoms with Gasteiger partial charge in [-0.3, -0.25) is 23.3 Å². The lowest BCUT2D eigenvalue weighted by molar-refractivity contribution is -0.141. The normalized spacial score (nSPS) is 15.0. The zero-order chi connectivity index (χ0) is 33.2. The number of esters is 1. The van der Waals surface area contributed by atoms with Crippen LogP contribution in [0.5, 0.6) is 0 Å². The van der Waals surface area contributed by atoms with Gasteiger partial charge >= 0.3 is 17.8 Å². The summed E-state index contributed by atoms with van der Waals surface area (Å²) in [4.78, 5) is 69.0. The Morgan fingerprint density at radius 2 is 1.85 bits per heavy atom. The van der Waals surface area contributed by atoms with Crippen LogP contribution in [0.3, 0.4) is 0 Å². The fourth-order valence-electron chi connectivity index (χ4n) is 5.56. The molecule has 1 saturated heterocycles. The minimum atomic E-state index is -0.752. The zero-order valence-corrected chi connectivity index (χ0v) is 26.9. The van der Waals surface area contributed by atoms with Gasteiger partial charge in [0.2, 0.25) is 5.95 Å². The molecule has 0 spiro atoms. The SMILES string of the molecule is CC#CCn1c(N2CCCC(NC(=O)OC(C)(C)C)C2)nc2c1c(=O)n(Cc1nc(C)c3ccccc3n1)c(=O)n2CC(=O)OC. The molecule has 3 aromatic heterocycles. The van der Waals surface area contributed by atoms with Crippen molar-refractivity contribution in [2.75, 3.05) is 25.1 Å². The molecule has 0 saturated carbocycles. The van der Waals surface area contributed by atoms with Gasteiger partial charge in [-0.15, -0.1) is 5.92 Å². The van der Waals surface area contributed by atoms with Crippen LogP contribution in [0.4, 0.5) is 10.7 Å². The molecule has 1 amide bonds. The lowest BCUT2D eigenvalue weighted by Crippen LogP contribution is -2.49. The first-order valence-electron chi connectivity index (χ1n) is 15.1. The van der Waals surface area contributed by atoms with Gasteiger partial charge in [0.05, 0.1) is 25.7 Å². The smallest absolute Gasteiger partial charge is 0.407 e. The number of aromatic nitrogens is 6. The van der Waals surface area contributed by atoms with E-state index in [0.717, 1.165) is 27.4 Å². The van der Waals surface area contributed by atoms with Crippen LogP contribution in [0, 0.1) is 18.8 Å². The number of alkyl carbamates (subject to hydrolysis) is 1. The molecule has 1 aliphatic rings. The maximum absolute atomic E-state index is 14.2. The van der Waals surface area contributed by atoms with Gasteiger partial charge in [0, 0.05) is 30.2 Å². The number of fused-ring (bicyclic) bond motifs is 2. The molecule has 4 heterocycles. The Labute approximate surface area is 265 Å². The van der Waals surface area contributed by atoms with Crippen molar-refractivity contribution < 1.29 is 19.1 Å². The maximum atomic E-state index is 14.2. The second-order valence-corrected chi connectivity index (χ2v) is 12.1. The summed E-state index contributed by atoms with van der Waals surface area (Å²) in [5.74, 6) is 5.84. The summed E-state index contributed by atoms with van der Waals surface area (Å²) < 4.78 is 14.1. The molecule has 0 aliphatic carbocycles. The average molecular weight is 631 g/mol. The van der Waals surface area contributed by atoms with E-state index >= 15 is 0 Å². The van der Waals surface area contributed by atoms with Gasteiger partial charge in [-0.2, -0.15) is 4.98 Å². The van der Waals surface area contributed by atoms with Crippen molar-refractivity contribution in [3.8, 4) is 11.8 Å². The van der Waals surface area contributed by atoms with Gasteiger partial charge in [-0.25, -0.2) is 19.6 Å². The minimum Gasteiger partial charge on any atom is -0.468 e. The number of nitrogens with zero attached hydrogens (tertiary/aromatic N) is 7. The number of benzene rings is 1. The Morgan fingerprint density at radius 3 is 2.57 bits per heavy atom. The number of hydrogen-bond donors (Lipinski definition) is 1. The van der Waals surface area contributed by atoms with Gasteiger partial charge in [-0.05, 0) is 53.5 Å². The molecular formula is C32H38N8O6. The third-order valence-electron chi connectivity index (χ3n) is 7.59. The third-order valence-corrected chi connectivity index (χ3v) is 7.59. The second kappa shape index (κ2) is 13.0. The van der Waals surface area contributed by atoms with Crippen LogP contribution in [0.25, 0.3) is 22.1 Å². The second-order valence-electron chi connectivity index (χ2n) is 12.1. The van der Waals surface area contributed by atoms with Crippen LogP contribution in [0.2, 0.25) is 0 Å². The third kappa shape index (κ3) is 6.73. The molecule has 1 N–H and O–H groups in total. The van der Waals surface area contributed by atoms with Crippen LogP contribution < -0.4 is 21.5 Å². The van der Waals surface area contributed by atoms with Crippen molar-refractivity contribution >= 4 is 40.1 Å². The van der Waals surface area contributed by atoms with E-state index in [1.165, 1.54) is 7.11 Å². The lowest BCUT2D eigenvalue weighted by atomic mass is 10.1. The molecule has 1 fully saturated rings. The summed E-state index contributed by atoms with van der Waals surface area (Å²) in [6, 6.07) is 7.22. The first-order chi connectivity index (χ1) is 21.9. The zero-order valence-electron chi connectivity index (χ0n) is 26.9. The highest BCUT2D eigenvalue weighted by Crippen LogP contribution is 2.24. The van der Waals surface area contributed by atoms with E-state index in [1.54, 1.807) is 32.3 Å². The predicted octanol–water partition coefficient (Wildman–Crippen LogP) is 2.35. The summed E-state index contributed by atoms with van der Waals surface area (Å²) in [5, 5.41) is 3.79. The molecule has 1 atom stereocenters. The van der Waals surface area contributed by atoms with Crippen molar-refractivity contribution in [2.45, 2.75) is 78.7 Å². The standard InChI is InChI=1S/C32H38N8O6/c1-7-8-16-38-26-27(36-29(38)37-15-11-12-21(17-37)34-30(43)46-32(3,4)5)39(19-25(41)45-6)31(44)40(28(26)42)18-24-33-20(2)22-13-9-10-14-23(22)35-24/h9-10,13-14,21H,11-12,15-19H2,1-6H3,(H,34,43). The van der Waals surface area contributed by atoms with Crippen LogP contribution in [-0.2, 0) is 33.9 Å². The van der Waals surface area contributed by atoms with Gasteiger partial charge in [0.1, 0.15) is 18.0 Å². The van der Waals surface area contributed by atoms with Crippen molar-refractivity contribution in [1.82, 2.24) is 34.0 Å². The summed E-state index contributed by atoms with van der Waals surface area (Å²) in [5.41, 5.74) is -0.506. The summed E-state index contributed by atoms with van der Waals surface area (Å²) in [7, 11) is 1.22. The number of ether oxygens (including phenoxy) is 2. The predicted molar refractivity (Wildman–Crippen MR) is 172 cm³/mol. The van der Waals surface area contributed by atoms with Crippen LogP contribution >= 0.6 is 0 Å². The van der Waals surface area contributed by atoms with Gasteiger partial charge < -0.3 is 19.7 Å². The van der Waals surface area contributed by atoms with Crippen LogP contribution in [0.1, 0.15) is 52.1 Å². The molecule has 14 heteroatoms. The Bertz CT molecular complexity index is 1990. The number of rotatable bonds is 7. The number of para-hydroxylation sites is 1. The van der Waals surface area contributed by atoms with E-state index in [0.29, 0.717) is 30.2 Å². The monoisotopic (exact) mass is 630 g/mol. The molecule has 242 valence electrons. The number of aryl methyl sites for hydroxylation is 1. The van der Waals surface area contributed by atoms with Crippen LogP contribution in [0.15, 0.2) is 33.9 Å². The summed E-state index contributed by atoms with van der Waals surface area (Å²) in [6.07, 6.45) is 0.919. The van der Waals surface area contributed by atoms with Crippen molar-refractivity contribution in [2.24, 2.45) is 0 Å². The number of imidazole rings is 1. The van der Waals surface area contributed by atoms with Crippen molar-refractivity contribution in [1.29, 1.82) is 0 Å². The molecule has 1 aromatic carbocycles. The summed E-state index contributed by atoms with van der Waals surface area (Å²) in [6.45, 7) is 9.26. The maximum Gasteiger partial charge on any atom is 0.407 e. The van der Waals surface area contributed by atoms with Crippen LogP contribution in [-0.4, -0.2) is 72.6 Å². The summed E-state index contributed by atoms with van der Waals surface area (Å²) >= 11 is 0. The Kier molecular flexibility index (Phi) is 9.13. The number of carbonyl (C=O) groups is 2. The highest BCUT2D eigenvalue weighted by atomic mass is 16.6. The average Bonchev–Trinajstić information content (AvgIpc) is 3.39. The van der Waals surface area contributed by atoms with E-state index in [4.69, 9.17) is 14.5 Å². The van der Waals surface area contributed by atoms with E-state index < -0.39 is 35.5 Å². The number of piperidine rings is 1. The van der Waals surface area contributed by atoms with Gasteiger partial charge in [-0.1, -0.05) is 24.1 Å². The molecule has 0 radical (unpaired) electrons. The number of methoxy groups -OCH3 is 1. The van der Waals surface area contributed by atoms with Crippen molar-refractivity contribution in [3.63, 3.8) is 0 Å². The first kappa shape index (κ1) is 32.2. The highest BCUT2D eigenvalue weighted by molar-refractivity contribution is 5.80. The van der Waals surface area contributed by atoms with Gasteiger partial charge in [0.25, 0.3) is 5.56 Å². The largest absolute Gasteiger partial charge is 0.468 e. The molecule has 5 rings (SSSR count). The minimum absolute atomic E-state index is 0.0300. The number of carbonyl (C=O) groups excluding carboxylic acids is 2. The molecule has 46 heavy (non-hydrogen) atoms. The van der Waals surface area contributed by atoms with E-state index in [9.17, 15) is 19.2 Å². The number of amides is 1. The number of nitrogens with one attached hydrogen (secondary N) is 1.